The molecule has 0 saturated carbocycles. The van der Waals surface area contributed by atoms with Crippen LogP contribution in [0.25, 0.3) is 9.75 Å². The summed E-state index contributed by atoms with van der Waals surface area (Å²) in [5, 5.41) is 8.04. The van der Waals surface area contributed by atoms with Gasteiger partial charge in [-0.25, -0.2) is 5.48 Å². The van der Waals surface area contributed by atoms with E-state index in [1.54, 1.807) is 16.8 Å². The van der Waals surface area contributed by atoms with Crippen LogP contribution in [0.2, 0.25) is 0 Å². The fraction of sp³-hybridized carbons (Fsp3) is 0.438. The minimum atomic E-state index is -1.26. The molecule has 4 nitrogen and oxygen atoms in total. The third-order valence-electron chi connectivity index (χ3n) is 3.67. The molecule has 2 heterocycles. The molecule has 8 heteroatoms. The number of carbonyl (C=O) groups excluding carboxylic acids is 1. The SMILES string of the molecule is CS(=O)C(CCCCCc1ccc(-c2ccc(Br)s2)s1)C(=O)NO. The molecule has 0 aromatic carbocycles. The quantitative estimate of drug-likeness (QED) is 0.334. The van der Waals surface area contributed by atoms with E-state index in [1.807, 2.05) is 11.3 Å². The molecule has 0 fully saturated rings. The summed E-state index contributed by atoms with van der Waals surface area (Å²) in [6, 6.07) is 8.54. The number of aryl methyl sites for hydroxylation is 1. The fourth-order valence-corrected chi connectivity index (χ4v) is 5.80. The Morgan fingerprint density at radius 1 is 1.21 bits per heavy atom. The van der Waals surface area contributed by atoms with Gasteiger partial charge in [0.05, 0.1) is 3.79 Å². The second-order valence-corrected chi connectivity index (χ2v) is 10.6. The lowest BCUT2D eigenvalue weighted by Crippen LogP contribution is -2.35. The molecule has 24 heavy (non-hydrogen) atoms. The molecular formula is C16H20BrNO3S3. The molecule has 0 spiro atoms. The Morgan fingerprint density at radius 2 is 1.92 bits per heavy atom. The monoisotopic (exact) mass is 449 g/mol. The van der Waals surface area contributed by atoms with Crippen LogP contribution in [-0.4, -0.2) is 26.8 Å². The third-order valence-corrected chi connectivity index (χ3v) is 7.89. The summed E-state index contributed by atoms with van der Waals surface area (Å²) in [5.74, 6) is -0.555. The number of halogens is 1. The first kappa shape index (κ1) is 19.8. The van der Waals surface area contributed by atoms with Gasteiger partial charge in [-0.1, -0.05) is 12.8 Å². The number of hydrogen-bond donors (Lipinski definition) is 2. The van der Waals surface area contributed by atoms with Gasteiger partial charge in [-0.2, -0.15) is 0 Å². The van der Waals surface area contributed by atoms with Crippen LogP contribution in [0.4, 0.5) is 0 Å². The minimum absolute atomic E-state index is 0.536. The zero-order valence-corrected chi connectivity index (χ0v) is 17.3. The summed E-state index contributed by atoms with van der Waals surface area (Å²) < 4.78 is 12.6. The van der Waals surface area contributed by atoms with Crippen LogP contribution < -0.4 is 5.48 Å². The van der Waals surface area contributed by atoms with Crippen molar-refractivity contribution in [2.24, 2.45) is 0 Å². The molecule has 1 amide bonds. The van der Waals surface area contributed by atoms with Crippen molar-refractivity contribution in [1.82, 2.24) is 5.48 Å². The van der Waals surface area contributed by atoms with Gasteiger partial charge in [0, 0.05) is 31.7 Å². The van der Waals surface area contributed by atoms with Crippen molar-refractivity contribution in [2.75, 3.05) is 6.26 Å². The molecule has 0 aliphatic rings. The molecule has 2 N–H and O–H groups in total. The van der Waals surface area contributed by atoms with E-state index in [1.165, 1.54) is 20.9 Å². The average Bonchev–Trinajstić information content (AvgIpc) is 3.18. The van der Waals surface area contributed by atoms with Crippen LogP contribution >= 0.6 is 38.6 Å². The largest absolute Gasteiger partial charge is 0.289 e. The number of thiophene rings is 2. The van der Waals surface area contributed by atoms with Gasteiger partial charge in [0.15, 0.2) is 0 Å². The Kier molecular flexibility index (Phi) is 8.09. The van der Waals surface area contributed by atoms with E-state index in [0.717, 1.165) is 29.5 Å². The standard InChI is InChI=1S/C16H20BrNO3S3/c1-24(21)14(16(19)18-20)6-4-2-3-5-11-7-8-12(22-11)13-9-10-15(17)23-13/h7-10,14,20H,2-6H2,1H3,(H,18,19). The minimum Gasteiger partial charge on any atom is -0.289 e. The highest BCUT2D eigenvalue weighted by Gasteiger charge is 2.21. The zero-order valence-electron chi connectivity index (χ0n) is 13.3. The summed E-state index contributed by atoms with van der Waals surface area (Å²) >= 11 is 7.05. The molecule has 2 rings (SSSR count). The Morgan fingerprint density at radius 3 is 2.54 bits per heavy atom. The van der Waals surface area contributed by atoms with Crippen molar-refractivity contribution in [3.8, 4) is 9.75 Å². The highest BCUT2D eigenvalue weighted by molar-refractivity contribution is 9.11. The lowest BCUT2D eigenvalue weighted by Gasteiger charge is -2.11. The number of hydrogen-bond acceptors (Lipinski definition) is 5. The lowest BCUT2D eigenvalue weighted by atomic mass is 10.1. The molecular weight excluding hydrogens is 430 g/mol. The maximum absolute atomic E-state index is 11.5. The maximum atomic E-state index is 11.5. The van der Waals surface area contributed by atoms with Gasteiger partial charge >= 0.3 is 0 Å². The number of carbonyl (C=O) groups is 1. The first-order valence-electron chi connectivity index (χ1n) is 7.62. The van der Waals surface area contributed by atoms with Crippen LogP contribution in [0, 0.1) is 0 Å². The third kappa shape index (κ3) is 5.77. The number of rotatable bonds is 9. The van der Waals surface area contributed by atoms with Gasteiger partial charge in [-0.3, -0.25) is 14.2 Å². The number of amides is 1. The second kappa shape index (κ2) is 9.82. The van der Waals surface area contributed by atoms with E-state index in [0.29, 0.717) is 6.42 Å². The molecule has 2 atom stereocenters. The van der Waals surface area contributed by atoms with Crippen LogP contribution in [0.5, 0.6) is 0 Å². The van der Waals surface area contributed by atoms with Crippen molar-refractivity contribution < 1.29 is 14.2 Å². The Labute approximate surface area is 160 Å². The Bertz CT molecular complexity index is 698. The Hall–Kier alpha value is -0.540. The van der Waals surface area contributed by atoms with Gasteiger partial charge in [-0.15, -0.1) is 22.7 Å². The van der Waals surface area contributed by atoms with Crippen LogP contribution in [0.15, 0.2) is 28.1 Å². The number of hydroxylamine groups is 1. The van der Waals surface area contributed by atoms with Gasteiger partial charge in [-0.05, 0) is 59.5 Å². The summed E-state index contributed by atoms with van der Waals surface area (Å²) in [7, 11) is -1.26. The van der Waals surface area contributed by atoms with Crippen LogP contribution in [0.1, 0.15) is 30.6 Å². The molecule has 0 aliphatic heterocycles. The van der Waals surface area contributed by atoms with E-state index >= 15 is 0 Å². The van der Waals surface area contributed by atoms with Gasteiger partial charge < -0.3 is 0 Å². The summed E-state index contributed by atoms with van der Waals surface area (Å²) in [5.41, 5.74) is 1.60. The van der Waals surface area contributed by atoms with E-state index in [-0.39, 0.29) is 0 Å². The maximum Gasteiger partial charge on any atom is 0.259 e. The van der Waals surface area contributed by atoms with Crippen molar-refractivity contribution in [2.45, 2.75) is 37.4 Å². The lowest BCUT2D eigenvalue weighted by molar-refractivity contribution is -0.128. The molecule has 0 saturated heterocycles. The van der Waals surface area contributed by atoms with E-state index in [2.05, 4.69) is 40.2 Å². The topological polar surface area (TPSA) is 66.4 Å². The summed E-state index contributed by atoms with van der Waals surface area (Å²) in [6.07, 6.45) is 5.89. The summed E-state index contributed by atoms with van der Waals surface area (Å²) in [6.45, 7) is 0. The first-order chi connectivity index (χ1) is 11.5. The highest BCUT2D eigenvalue weighted by atomic mass is 79.9. The predicted molar refractivity (Wildman–Crippen MR) is 105 cm³/mol. The molecule has 0 bridgehead atoms. The van der Waals surface area contributed by atoms with Gasteiger partial charge in [0.1, 0.15) is 5.25 Å². The van der Waals surface area contributed by atoms with Crippen molar-refractivity contribution in [1.29, 1.82) is 0 Å². The first-order valence-corrected chi connectivity index (χ1v) is 11.7. The van der Waals surface area contributed by atoms with E-state index in [9.17, 15) is 9.00 Å². The van der Waals surface area contributed by atoms with Crippen molar-refractivity contribution >= 4 is 55.3 Å². The molecule has 132 valence electrons. The van der Waals surface area contributed by atoms with Crippen molar-refractivity contribution in [3.63, 3.8) is 0 Å². The Balaban J connectivity index is 1.74. The molecule has 2 aromatic heterocycles. The van der Waals surface area contributed by atoms with Gasteiger partial charge in [0.2, 0.25) is 0 Å². The van der Waals surface area contributed by atoms with E-state index in [4.69, 9.17) is 5.21 Å². The smallest absolute Gasteiger partial charge is 0.259 e. The molecule has 0 radical (unpaired) electrons. The molecule has 2 aromatic rings. The molecule has 0 aliphatic carbocycles. The normalized spacial score (nSPS) is 13.6. The van der Waals surface area contributed by atoms with E-state index < -0.39 is 22.0 Å². The second-order valence-electron chi connectivity index (χ2n) is 5.43. The summed E-state index contributed by atoms with van der Waals surface area (Å²) in [4.78, 5) is 15.4. The number of nitrogens with one attached hydrogen (secondary N) is 1. The number of unbranched alkanes of at least 4 members (excludes halogenated alkanes) is 2. The highest BCUT2D eigenvalue weighted by Crippen LogP contribution is 2.35. The predicted octanol–water partition coefficient (Wildman–Crippen LogP) is 4.59. The van der Waals surface area contributed by atoms with Crippen LogP contribution in [-0.2, 0) is 22.0 Å². The fourth-order valence-electron chi connectivity index (χ4n) is 2.42. The van der Waals surface area contributed by atoms with Crippen molar-refractivity contribution in [3.05, 3.63) is 32.9 Å². The zero-order chi connectivity index (χ0) is 17.5. The average molecular weight is 450 g/mol. The van der Waals surface area contributed by atoms with Gasteiger partial charge in [0.25, 0.3) is 5.91 Å². The van der Waals surface area contributed by atoms with Crippen LogP contribution in [0.3, 0.4) is 0 Å². The molecule has 2 unspecified atom stereocenters.